The lowest BCUT2D eigenvalue weighted by atomic mass is 9.89. The molecule has 0 saturated carbocycles. The van der Waals surface area contributed by atoms with Gasteiger partial charge in [-0.25, -0.2) is 0 Å². The molecule has 2 bridgehead atoms. The Kier molecular flexibility index (Phi) is 4.06. The molecule has 3 rings (SSSR count). The fraction of sp³-hybridized carbons (Fsp3) is 0.588. The van der Waals surface area contributed by atoms with E-state index in [1.54, 1.807) is 0 Å². The van der Waals surface area contributed by atoms with Gasteiger partial charge < -0.3 is 10.6 Å². The minimum absolute atomic E-state index is 0.205. The van der Waals surface area contributed by atoms with E-state index in [4.69, 9.17) is 0 Å². The van der Waals surface area contributed by atoms with E-state index in [1.807, 2.05) is 0 Å². The zero-order valence-corrected chi connectivity index (χ0v) is 12.2. The van der Waals surface area contributed by atoms with Crippen molar-refractivity contribution in [3.63, 3.8) is 0 Å². The van der Waals surface area contributed by atoms with Crippen LogP contribution < -0.4 is 10.6 Å². The fourth-order valence-corrected chi connectivity index (χ4v) is 3.58. The molecule has 1 aromatic rings. The van der Waals surface area contributed by atoms with Gasteiger partial charge in [0.05, 0.1) is 0 Å². The lowest BCUT2D eigenvalue weighted by Gasteiger charge is -2.28. The molecule has 1 aromatic carbocycles. The van der Waals surface area contributed by atoms with Crippen molar-refractivity contribution in [3.8, 4) is 0 Å². The molecule has 108 valence electrons. The average Bonchev–Trinajstić information content (AvgIpc) is 2.77. The summed E-state index contributed by atoms with van der Waals surface area (Å²) < 4.78 is 0. The molecule has 20 heavy (non-hydrogen) atoms. The largest absolute Gasteiger partial charge is 0.352 e. The van der Waals surface area contributed by atoms with Crippen molar-refractivity contribution in [2.45, 2.75) is 57.7 Å². The molecule has 2 N–H and O–H groups in total. The molecular formula is C17H24N2O. The van der Waals surface area contributed by atoms with E-state index in [1.165, 1.54) is 36.8 Å². The first-order chi connectivity index (χ1) is 9.69. The Morgan fingerprint density at radius 3 is 2.50 bits per heavy atom. The van der Waals surface area contributed by atoms with Crippen molar-refractivity contribution in [1.82, 2.24) is 10.6 Å². The summed E-state index contributed by atoms with van der Waals surface area (Å²) in [6, 6.07) is 9.69. The standard InChI is InChI=1S/C17H24N2O/c1-12-2-4-13(5-3-12)11-18-17(20)10-14-8-15-6-7-16(9-14)19-15/h2-5,14-16,19H,6-11H2,1H3,(H,18,20). The first-order valence-electron chi connectivity index (χ1n) is 7.77. The highest BCUT2D eigenvalue weighted by atomic mass is 16.1. The Labute approximate surface area is 121 Å². The number of piperidine rings is 1. The van der Waals surface area contributed by atoms with Gasteiger partial charge in [-0.3, -0.25) is 4.79 Å². The van der Waals surface area contributed by atoms with Crippen LogP contribution in [-0.4, -0.2) is 18.0 Å². The van der Waals surface area contributed by atoms with E-state index in [0.29, 0.717) is 31.0 Å². The van der Waals surface area contributed by atoms with E-state index in [0.717, 1.165) is 0 Å². The minimum atomic E-state index is 0.205. The van der Waals surface area contributed by atoms with Crippen LogP contribution in [0.25, 0.3) is 0 Å². The summed E-state index contributed by atoms with van der Waals surface area (Å²) in [5.74, 6) is 0.781. The Bertz CT molecular complexity index is 456. The molecule has 0 radical (unpaired) electrons. The normalized spacial score (nSPS) is 28.4. The van der Waals surface area contributed by atoms with Gasteiger partial charge in [0, 0.05) is 25.0 Å². The molecule has 0 aromatic heterocycles. The summed E-state index contributed by atoms with van der Waals surface area (Å²) in [5.41, 5.74) is 2.43. The predicted molar refractivity (Wildman–Crippen MR) is 80.3 cm³/mol. The lowest BCUT2D eigenvalue weighted by molar-refractivity contribution is -0.122. The van der Waals surface area contributed by atoms with Crippen LogP contribution in [0.3, 0.4) is 0 Å². The zero-order chi connectivity index (χ0) is 13.9. The fourth-order valence-electron chi connectivity index (χ4n) is 3.58. The van der Waals surface area contributed by atoms with E-state index < -0.39 is 0 Å². The molecule has 2 heterocycles. The van der Waals surface area contributed by atoms with Gasteiger partial charge in [-0.05, 0) is 44.1 Å². The first kappa shape index (κ1) is 13.6. The van der Waals surface area contributed by atoms with E-state index >= 15 is 0 Å². The van der Waals surface area contributed by atoms with E-state index in [-0.39, 0.29) is 5.91 Å². The van der Waals surface area contributed by atoms with Gasteiger partial charge in [-0.15, -0.1) is 0 Å². The van der Waals surface area contributed by atoms with Crippen molar-refractivity contribution in [2.24, 2.45) is 5.92 Å². The second-order valence-corrected chi connectivity index (χ2v) is 6.44. The maximum atomic E-state index is 12.1. The molecule has 0 spiro atoms. The van der Waals surface area contributed by atoms with E-state index in [9.17, 15) is 4.79 Å². The number of carbonyl (C=O) groups excluding carboxylic acids is 1. The van der Waals surface area contributed by atoms with Gasteiger partial charge in [0.25, 0.3) is 0 Å². The molecule has 2 atom stereocenters. The number of carbonyl (C=O) groups is 1. The number of fused-ring (bicyclic) bond motifs is 2. The second kappa shape index (κ2) is 5.96. The molecule has 2 fully saturated rings. The number of benzene rings is 1. The van der Waals surface area contributed by atoms with Crippen molar-refractivity contribution < 1.29 is 4.79 Å². The van der Waals surface area contributed by atoms with Crippen molar-refractivity contribution in [1.29, 1.82) is 0 Å². The number of hydrogen-bond donors (Lipinski definition) is 2. The Morgan fingerprint density at radius 2 is 1.85 bits per heavy atom. The highest BCUT2D eigenvalue weighted by Crippen LogP contribution is 2.32. The van der Waals surface area contributed by atoms with Gasteiger partial charge in [-0.2, -0.15) is 0 Å². The molecule has 3 heteroatoms. The number of nitrogens with one attached hydrogen (secondary N) is 2. The summed E-state index contributed by atoms with van der Waals surface area (Å²) in [4.78, 5) is 12.1. The summed E-state index contributed by atoms with van der Waals surface area (Å²) in [6.45, 7) is 2.73. The number of aryl methyl sites for hydroxylation is 1. The molecule has 2 aliphatic rings. The van der Waals surface area contributed by atoms with Crippen molar-refractivity contribution >= 4 is 5.91 Å². The van der Waals surface area contributed by atoms with Crippen LogP contribution >= 0.6 is 0 Å². The second-order valence-electron chi connectivity index (χ2n) is 6.44. The third-order valence-electron chi connectivity index (χ3n) is 4.66. The highest BCUT2D eigenvalue weighted by molar-refractivity contribution is 5.76. The Balaban J connectivity index is 1.44. The Hall–Kier alpha value is -1.35. The quantitative estimate of drug-likeness (QED) is 0.884. The topological polar surface area (TPSA) is 41.1 Å². The van der Waals surface area contributed by atoms with Crippen LogP contribution in [0.5, 0.6) is 0 Å². The summed E-state index contributed by atoms with van der Waals surface area (Å²) in [6.07, 6.45) is 5.64. The molecular weight excluding hydrogens is 248 g/mol. The van der Waals surface area contributed by atoms with Gasteiger partial charge in [0.1, 0.15) is 0 Å². The van der Waals surface area contributed by atoms with Crippen LogP contribution in [0, 0.1) is 12.8 Å². The van der Waals surface area contributed by atoms with Crippen LogP contribution in [0.2, 0.25) is 0 Å². The van der Waals surface area contributed by atoms with Crippen LogP contribution in [0.4, 0.5) is 0 Å². The van der Waals surface area contributed by atoms with Crippen molar-refractivity contribution in [2.75, 3.05) is 0 Å². The number of rotatable bonds is 4. The lowest BCUT2D eigenvalue weighted by Crippen LogP contribution is -2.39. The number of hydrogen-bond acceptors (Lipinski definition) is 2. The molecule has 2 aliphatic heterocycles. The third-order valence-corrected chi connectivity index (χ3v) is 4.66. The van der Waals surface area contributed by atoms with Crippen LogP contribution in [0.1, 0.15) is 43.2 Å². The predicted octanol–water partition coefficient (Wildman–Crippen LogP) is 2.53. The first-order valence-corrected chi connectivity index (χ1v) is 7.77. The summed E-state index contributed by atoms with van der Waals surface area (Å²) in [5, 5.41) is 6.68. The molecule has 0 aliphatic carbocycles. The van der Waals surface area contributed by atoms with Crippen molar-refractivity contribution in [3.05, 3.63) is 35.4 Å². The Morgan fingerprint density at radius 1 is 1.20 bits per heavy atom. The van der Waals surface area contributed by atoms with Gasteiger partial charge in [-0.1, -0.05) is 29.8 Å². The monoisotopic (exact) mass is 272 g/mol. The molecule has 3 nitrogen and oxygen atoms in total. The van der Waals surface area contributed by atoms with E-state index in [2.05, 4.69) is 41.8 Å². The van der Waals surface area contributed by atoms with Gasteiger partial charge in [0.15, 0.2) is 0 Å². The molecule has 1 amide bonds. The maximum Gasteiger partial charge on any atom is 0.220 e. The smallest absolute Gasteiger partial charge is 0.220 e. The molecule has 2 saturated heterocycles. The van der Waals surface area contributed by atoms with Crippen LogP contribution in [-0.2, 0) is 11.3 Å². The minimum Gasteiger partial charge on any atom is -0.352 e. The maximum absolute atomic E-state index is 12.1. The SMILES string of the molecule is Cc1ccc(CNC(=O)CC2CC3CCC(C2)N3)cc1. The third kappa shape index (κ3) is 3.40. The average molecular weight is 272 g/mol. The number of amides is 1. The highest BCUT2D eigenvalue weighted by Gasteiger charge is 2.33. The summed E-state index contributed by atoms with van der Waals surface area (Å²) in [7, 11) is 0. The zero-order valence-electron chi connectivity index (χ0n) is 12.2. The van der Waals surface area contributed by atoms with Gasteiger partial charge in [0.2, 0.25) is 5.91 Å². The van der Waals surface area contributed by atoms with Gasteiger partial charge >= 0.3 is 0 Å². The van der Waals surface area contributed by atoms with Crippen LogP contribution in [0.15, 0.2) is 24.3 Å². The molecule has 2 unspecified atom stereocenters. The summed E-state index contributed by atoms with van der Waals surface area (Å²) >= 11 is 0.